The molecule has 0 bridgehead atoms. The molecule has 0 aliphatic heterocycles. The number of anilines is 1. The molecule has 1 atom stereocenters. The van der Waals surface area contributed by atoms with Crippen molar-refractivity contribution in [3.8, 4) is 0 Å². The highest BCUT2D eigenvalue weighted by atomic mass is 32.2. The first-order valence-corrected chi connectivity index (χ1v) is 7.95. The summed E-state index contributed by atoms with van der Waals surface area (Å²) in [5.41, 5.74) is 0.924. The Labute approximate surface area is 114 Å². The Hall–Kier alpha value is -1.56. The predicted molar refractivity (Wildman–Crippen MR) is 76.9 cm³/mol. The zero-order valence-corrected chi connectivity index (χ0v) is 12.5. The number of sulfonamides is 1. The monoisotopic (exact) mass is 284 g/mol. The Morgan fingerprint density at radius 2 is 2.05 bits per heavy atom. The van der Waals surface area contributed by atoms with Crippen molar-refractivity contribution in [2.24, 2.45) is 0 Å². The fraction of sp³-hybridized carbons (Fsp3) is 0.462. The van der Waals surface area contributed by atoms with E-state index < -0.39 is 10.0 Å². The highest BCUT2D eigenvalue weighted by Crippen LogP contribution is 2.17. The van der Waals surface area contributed by atoms with Gasteiger partial charge in [0, 0.05) is 18.7 Å². The number of benzene rings is 1. The number of carbonyl (C=O) groups excluding carboxylic acids is 1. The average molecular weight is 284 g/mol. The van der Waals surface area contributed by atoms with Gasteiger partial charge < -0.3 is 5.32 Å². The van der Waals surface area contributed by atoms with Gasteiger partial charge in [0.05, 0.1) is 11.9 Å². The number of nitrogens with zero attached hydrogens (tertiary/aromatic N) is 1. The van der Waals surface area contributed by atoms with Crippen LogP contribution in [0.4, 0.5) is 5.69 Å². The number of rotatable bonds is 5. The van der Waals surface area contributed by atoms with E-state index in [1.54, 1.807) is 24.3 Å². The molecule has 0 fully saturated rings. The summed E-state index contributed by atoms with van der Waals surface area (Å²) >= 11 is 0. The number of amides is 1. The Morgan fingerprint density at radius 1 is 1.42 bits per heavy atom. The van der Waals surface area contributed by atoms with Gasteiger partial charge in [-0.25, -0.2) is 8.42 Å². The van der Waals surface area contributed by atoms with Crippen molar-refractivity contribution in [1.82, 2.24) is 5.32 Å². The first-order chi connectivity index (χ1) is 8.75. The molecule has 0 saturated carbocycles. The molecule has 106 valence electrons. The van der Waals surface area contributed by atoms with E-state index in [4.69, 9.17) is 0 Å². The Balaban J connectivity index is 2.98. The standard InChI is InChI=1S/C13H20N2O3S/c1-5-10(2)14-13(16)11-7-6-8-12(9-11)15(3)19(4,17)18/h6-10H,5H2,1-4H3,(H,14,16). The summed E-state index contributed by atoms with van der Waals surface area (Å²) in [6, 6.07) is 6.64. The van der Waals surface area contributed by atoms with Crippen LogP contribution in [0.5, 0.6) is 0 Å². The van der Waals surface area contributed by atoms with E-state index in [0.717, 1.165) is 17.0 Å². The SMILES string of the molecule is CCC(C)NC(=O)c1cccc(N(C)S(C)(=O)=O)c1. The van der Waals surface area contributed by atoms with Crippen LogP contribution in [-0.4, -0.2) is 33.7 Å². The van der Waals surface area contributed by atoms with Crippen LogP contribution in [0.25, 0.3) is 0 Å². The maximum Gasteiger partial charge on any atom is 0.251 e. The molecule has 1 N–H and O–H groups in total. The number of hydrogen-bond acceptors (Lipinski definition) is 3. The largest absolute Gasteiger partial charge is 0.350 e. The minimum absolute atomic E-state index is 0.0868. The molecule has 5 nitrogen and oxygen atoms in total. The lowest BCUT2D eigenvalue weighted by Crippen LogP contribution is -2.32. The maximum atomic E-state index is 12.0. The smallest absolute Gasteiger partial charge is 0.251 e. The van der Waals surface area contributed by atoms with E-state index in [-0.39, 0.29) is 11.9 Å². The van der Waals surface area contributed by atoms with Crippen molar-refractivity contribution in [3.05, 3.63) is 29.8 Å². The van der Waals surface area contributed by atoms with Gasteiger partial charge >= 0.3 is 0 Å². The normalized spacial score (nSPS) is 12.8. The lowest BCUT2D eigenvalue weighted by Gasteiger charge is -2.18. The van der Waals surface area contributed by atoms with Gasteiger partial charge in [-0.15, -0.1) is 0 Å². The lowest BCUT2D eigenvalue weighted by molar-refractivity contribution is 0.0939. The summed E-state index contributed by atoms with van der Waals surface area (Å²) < 4.78 is 24.1. The average Bonchev–Trinajstić information content (AvgIpc) is 2.36. The summed E-state index contributed by atoms with van der Waals surface area (Å²) in [7, 11) is -1.87. The molecule has 0 radical (unpaired) electrons. The molecule has 1 aromatic rings. The third kappa shape index (κ3) is 4.24. The van der Waals surface area contributed by atoms with E-state index in [1.165, 1.54) is 7.05 Å². The third-order valence-electron chi connectivity index (χ3n) is 2.96. The number of carbonyl (C=O) groups is 1. The molecule has 0 aliphatic carbocycles. The van der Waals surface area contributed by atoms with Gasteiger partial charge in [-0.05, 0) is 31.5 Å². The number of hydrogen-bond donors (Lipinski definition) is 1. The van der Waals surface area contributed by atoms with Crippen LogP contribution < -0.4 is 9.62 Å². The second-order valence-electron chi connectivity index (χ2n) is 4.56. The molecular formula is C13H20N2O3S. The first kappa shape index (κ1) is 15.5. The summed E-state index contributed by atoms with van der Waals surface area (Å²) in [6.07, 6.45) is 1.97. The van der Waals surface area contributed by atoms with Crippen molar-refractivity contribution < 1.29 is 13.2 Å². The molecule has 1 unspecified atom stereocenters. The molecule has 0 saturated heterocycles. The van der Waals surface area contributed by atoms with Crippen LogP contribution in [0.1, 0.15) is 30.6 Å². The lowest BCUT2D eigenvalue weighted by atomic mass is 10.1. The number of nitrogens with one attached hydrogen (secondary N) is 1. The van der Waals surface area contributed by atoms with Crippen molar-refractivity contribution in [2.75, 3.05) is 17.6 Å². The van der Waals surface area contributed by atoms with Crippen molar-refractivity contribution in [1.29, 1.82) is 0 Å². The maximum absolute atomic E-state index is 12.0. The van der Waals surface area contributed by atoms with Crippen LogP contribution in [0.2, 0.25) is 0 Å². The zero-order valence-electron chi connectivity index (χ0n) is 11.7. The molecular weight excluding hydrogens is 264 g/mol. The molecule has 1 rings (SSSR count). The summed E-state index contributed by atoms with van der Waals surface area (Å²) in [5.74, 6) is -0.196. The zero-order chi connectivity index (χ0) is 14.6. The van der Waals surface area contributed by atoms with Gasteiger partial charge in [0.2, 0.25) is 10.0 Å². The minimum atomic E-state index is -3.32. The van der Waals surface area contributed by atoms with Gasteiger partial charge in [-0.1, -0.05) is 13.0 Å². The first-order valence-electron chi connectivity index (χ1n) is 6.10. The van der Waals surface area contributed by atoms with E-state index >= 15 is 0 Å². The van der Waals surface area contributed by atoms with Gasteiger partial charge in [0.1, 0.15) is 0 Å². The molecule has 19 heavy (non-hydrogen) atoms. The summed E-state index contributed by atoms with van der Waals surface area (Å²) in [4.78, 5) is 12.0. The van der Waals surface area contributed by atoms with Crippen LogP contribution in [0, 0.1) is 0 Å². The molecule has 0 aliphatic rings. The Morgan fingerprint density at radius 3 is 2.58 bits per heavy atom. The molecule has 0 spiro atoms. The Kier molecular flexibility index (Phi) is 4.94. The van der Waals surface area contributed by atoms with E-state index in [9.17, 15) is 13.2 Å². The fourth-order valence-electron chi connectivity index (χ4n) is 1.44. The fourth-order valence-corrected chi connectivity index (χ4v) is 1.94. The van der Waals surface area contributed by atoms with Crippen LogP contribution in [0.3, 0.4) is 0 Å². The molecule has 1 amide bonds. The molecule has 0 aromatic heterocycles. The summed E-state index contributed by atoms with van der Waals surface area (Å²) in [6.45, 7) is 3.91. The van der Waals surface area contributed by atoms with Crippen molar-refractivity contribution >= 4 is 21.6 Å². The highest BCUT2D eigenvalue weighted by Gasteiger charge is 2.14. The van der Waals surface area contributed by atoms with Gasteiger partial charge in [-0.2, -0.15) is 0 Å². The predicted octanol–water partition coefficient (Wildman–Crippen LogP) is 1.61. The van der Waals surface area contributed by atoms with Crippen molar-refractivity contribution in [3.63, 3.8) is 0 Å². The minimum Gasteiger partial charge on any atom is -0.350 e. The molecule has 1 aromatic carbocycles. The molecule has 6 heteroatoms. The van der Waals surface area contributed by atoms with Gasteiger partial charge in [0.25, 0.3) is 5.91 Å². The summed E-state index contributed by atoms with van der Waals surface area (Å²) in [5, 5.41) is 2.84. The third-order valence-corrected chi connectivity index (χ3v) is 4.17. The topological polar surface area (TPSA) is 66.5 Å². The van der Waals surface area contributed by atoms with Crippen LogP contribution in [-0.2, 0) is 10.0 Å². The second-order valence-corrected chi connectivity index (χ2v) is 6.58. The van der Waals surface area contributed by atoms with E-state index in [2.05, 4.69) is 5.32 Å². The van der Waals surface area contributed by atoms with Crippen LogP contribution in [0.15, 0.2) is 24.3 Å². The second kappa shape index (κ2) is 6.06. The van der Waals surface area contributed by atoms with Gasteiger partial charge in [-0.3, -0.25) is 9.10 Å². The molecule has 0 heterocycles. The van der Waals surface area contributed by atoms with E-state index in [1.807, 2.05) is 13.8 Å². The quantitative estimate of drug-likeness (QED) is 0.893. The van der Waals surface area contributed by atoms with Crippen LogP contribution >= 0.6 is 0 Å². The Bertz CT molecular complexity index is 555. The van der Waals surface area contributed by atoms with Crippen molar-refractivity contribution in [2.45, 2.75) is 26.3 Å². The highest BCUT2D eigenvalue weighted by molar-refractivity contribution is 7.92. The van der Waals surface area contributed by atoms with E-state index in [0.29, 0.717) is 11.3 Å². The van der Waals surface area contributed by atoms with Gasteiger partial charge in [0.15, 0.2) is 0 Å².